The lowest BCUT2D eigenvalue weighted by molar-refractivity contribution is -0.179. The third-order valence-corrected chi connectivity index (χ3v) is 4.45. The molecule has 0 N–H and O–H groups in total. The van der Waals surface area contributed by atoms with Gasteiger partial charge >= 0.3 is 12.4 Å². The Morgan fingerprint density at radius 3 is 0.967 bits per heavy atom. The highest BCUT2D eigenvalue weighted by atomic mass is 127. The molecule has 0 fully saturated rings. The second kappa shape index (κ2) is 33.7. The van der Waals surface area contributed by atoms with E-state index in [0.717, 1.165) is 0 Å². The third-order valence-electron chi connectivity index (χ3n) is 1.51. The minimum absolute atomic E-state index is 0.161. The topological polar surface area (TPSA) is 0 Å². The smallest absolute Gasteiger partial charge is 0.250 e. The zero-order valence-electron chi connectivity index (χ0n) is 14.6. The molecule has 0 saturated heterocycles. The largest absolute Gasteiger partial charge is 0.416 e. The van der Waals surface area contributed by atoms with E-state index in [1.54, 1.807) is 0 Å². The summed E-state index contributed by atoms with van der Waals surface area (Å²) in [5, 5.41) is 0.458. The van der Waals surface area contributed by atoms with E-state index < -0.39 is 59.3 Å². The lowest BCUT2D eigenvalue weighted by atomic mass is 10.1. The Hall–Kier alpha value is 0.0900. The Morgan fingerprint density at radius 2 is 0.867 bits per heavy atom. The van der Waals surface area contributed by atoms with Crippen molar-refractivity contribution >= 4 is 38.5 Å². The van der Waals surface area contributed by atoms with Crippen molar-refractivity contribution in [1.82, 2.24) is 0 Å². The normalized spacial score (nSPS) is 11.8. The SMILES string of the molecule is FCC(CC(I)CBr)C(F)(F)F.FCC(F)(F)F.FCF.FCF.FCF.FCF. The Bertz CT molecular complexity index is 258. The van der Waals surface area contributed by atoms with E-state index in [1.165, 1.54) is 0 Å². The minimum atomic E-state index is -4.62. The highest BCUT2D eigenvalue weighted by Crippen LogP contribution is 2.32. The monoisotopic (exact) mass is 672 g/mol. The van der Waals surface area contributed by atoms with Crippen LogP contribution in [0, 0.1) is 5.92 Å². The van der Waals surface area contributed by atoms with E-state index in [0.29, 0.717) is 5.33 Å². The van der Waals surface area contributed by atoms with Gasteiger partial charge in [0.05, 0.1) is 5.92 Å². The van der Waals surface area contributed by atoms with E-state index in [4.69, 9.17) is 0 Å². The van der Waals surface area contributed by atoms with Gasteiger partial charge in [-0.05, 0) is 6.42 Å². The van der Waals surface area contributed by atoms with E-state index in [-0.39, 0.29) is 10.3 Å². The van der Waals surface area contributed by atoms with Crippen LogP contribution in [0.2, 0.25) is 0 Å². The van der Waals surface area contributed by atoms with Crippen LogP contribution in [-0.2, 0) is 0 Å². The molecular formula is C12H18BrF16I. The fourth-order valence-corrected chi connectivity index (χ4v) is 1.53. The Kier molecular flexibility index (Phi) is 49.3. The standard InChI is InChI=1S/C6H8BrF4I.C2H2F4.4CH2F2/c7-2-5(12)1-4(3-8)6(9,10)11;3-1-2(4,5)6;4*2-1-3/h4-5H,1-3H2;1H2;4*1H2. The van der Waals surface area contributed by atoms with Crippen molar-refractivity contribution in [3.63, 3.8) is 0 Å². The van der Waals surface area contributed by atoms with Gasteiger partial charge in [0, 0.05) is 9.25 Å². The molecule has 0 bridgehead atoms. The van der Waals surface area contributed by atoms with Crippen LogP contribution in [0.1, 0.15) is 6.42 Å². The van der Waals surface area contributed by atoms with Crippen molar-refractivity contribution in [2.75, 3.05) is 46.4 Å². The summed E-state index contributed by atoms with van der Waals surface area (Å²) in [6.45, 7) is -10.6. The van der Waals surface area contributed by atoms with Gasteiger partial charge in [0.15, 0.2) is 6.67 Å². The first-order valence-electron chi connectivity index (χ1n) is 6.57. The average Bonchev–Trinajstić information content (AvgIpc) is 2.61. The molecule has 2 unspecified atom stereocenters. The number of hydrogen-bond acceptors (Lipinski definition) is 0. The molecule has 0 saturated carbocycles. The molecule has 0 heterocycles. The molecule has 0 aromatic rings. The van der Waals surface area contributed by atoms with Crippen LogP contribution in [0.15, 0.2) is 0 Å². The van der Waals surface area contributed by atoms with E-state index in [1.807, 2.05) is 22.6 Å². The summed E-state index contributed by atoms with van der Waals surface area (Å²) in [7, 11) is 0. The molecule has 0 amide bonds. The van der Waals surface area contributed by atoms with Gasteiger partial charge < -0.3 is 0 Å². The van der Waals surface area contributed by atoms with Crippen LogP contribution in [0.5, 0.6) is 0 Å². The second-order valence-corrected chi connectivity index (χ2v) is 5.94. The zero-order chi connectivity index (χ0) is 25.8. The highest BCUT2D eigenvalue weighted by molar-refractivity contribution is 14.1. The molecule has 30 heavy (non-hydrogen) atoms. The highest BCUT2D eigenvalue weighted by Gasteiger charge is 2.40. The summed E-state index contributed by atoms with van der Waals surface area (Å²) in [5.74, 6) is -1.81. The van der Waals surface area contributed by atoms with Crippen LogP contribution in [0.3, 0.4) is 0 Å². The Balaban J connectivity index is -0.0000000669. The molecule has 192 valence electrons. The number of halogens is 18. The molecule has 0 spiro atoms. The van der Waals surface area contributed by atoms with Gasteiger partial charge in [0.2, 0.25) is 27.7 Å². The van der Waals surface area contributed by atoms with Gasteiger partial charge in [-0.3, -0.25) is 4.39 Å². The molecule has 0 radical (unpaired) electrons. The van der Waals surface area contributed by atoms with Gasteiger partial charge in [0.1, 0.15) is 6.67 Å². The Morgan fingerprint density at radius 1 is 0.633 bits per heavy atom. The lowest BCUT2D eigenvalue weighted by Crippen LogP contribution is -2.27. The zero-order valence-corrected chi connectivity index (χ0v) is 18.4. The van der Waals surface area contributed by atoms with Gasteiger partial charge in [0.25, 0.3) is 0 Å². The fourth-order valence-electron chi connectivity index (χ4n) is 0.656. The maximum atomic E-state index is 12.0. The van der Waals surface area contributed by atoms with Crippen molar-refractivity contribution in [3.8, 4) is 0 Å². The molecule has 0 aliphatic rings. The molecule has 0 aromatic heterocycles. The summed E-state index contributed by atoms with van der Waals surface area (Å²) in [6, 6.07) is 0. The van der Waals surface area contributed by atoms with Crippen LogP contribution >= 0.6 is 38.5 Å². The first-order valence-corrected chi connectivity index (χ1v) is 8.93. The van der Waals surface area contributed by atoms with Crippen molar-refractivity contribution in [3.05, 3.63) is 0 Å². The van der Waals surface area contributed by atoms with E-state index in [9.17, 15) is 70.2 Å². The van der Waals surface area contributed by atoms with Crippen LogP contribution in [0.25, 0.3) is 0 Å². The summed E-state index contributed by atoms with van der Waals surface area (Å²) >= 11 is 4.91. The van der Waals surface area contributed by atoms with Crippen LogP contribution in [0.4, 0.5) is 70.2 Å². The molecule has 0 aliphatic carbocycles. The summed E-state index contributed by atoms with van der Waals surface area (Å²) in [4.78, 5) is 0. The van der Waals surface area contributed by atoms with Crippen molar-refractivity contribution in [1.29, 1.82) is 0 Å². The molecule has 0 nitrogen and oxygen atoms in total. The predicted molar refractivity (Wildman–Crippen MR) is 92.1 cm³/mol. The van der Waals surface area contributed by atoms with Crippen LogP contribution < -0.4 is 0 Å². The summed E-state index contributed by atoms with van der Waals surface area (Å²) in [5.41, 5.74) is 0. The summed E-state index contributed by atoms with van der Waals surface area (Å²) < 4.78 is 166. The number of rotatable bonds is 4. The van der Waals surface area contributed by atoms with Crippen LogP contribution in [-0.4, -0.2) is 62.7 Å². The van der Waals surface area contributed by atoms with Gasteiger partial charge in [-0.25, -0.2) is 39.5 Å². The van der Waals surface area contributed by atoms with Crippen molar-refractivity contribution < 1.29 is 70.2 Å². The predicted octanol–water partition coefficient (Wildman–Crippen LogP) is 8.77. The first-order chi connectivity index (χ1) is 13.6. The lowest BCUT2D eigenvalue weighted by Gasteiger charge is -2.18. The van der Waals surface area contributed by atoms with Gasteiger partial charge in [-0.15, -0.1) is 0 Å². The van der Waals surface area contributed by atoms with Gasteiger partial charge in [-0.2, -0.15) is 26.3 Å². The van der Waals surface area contributed by atoms with E-state index >= 15 is 0 Å². The molecule has 0 aromatic carbocycles. The van der Waals surface area contributed by atoms with Gasteiger partial charge in [-0.1, -0.05) is 38.5 Å². The number of alkyl halides is 18. The Labute approximate surface area is 184 Å². The molecule has 0 aliphatic heterocycles. The minimum Gasteiger partial charge on any atom is -0.250 e. The first kappa shape index (κ1) is 43.9. The maximum Gasteiger partial charge on any atom is 0.416 e. The summed E-state index contributed by atoms with van der Waals surface area (Å²) in [6.07, 6.45) is -9.19. The third kappa shape index (κ3) is 70.6. The average molecular weight is 673 g/mol. The molecular weight excluding hydrogens is 655 g/mol. The quantitative estimate of drug-likeness (QED) is 0.159. The van der Waals surface area contributed by atoms with Crippen molar-refractivity contribution in [2.45, 2.75) is 22.7 Å². The van der Waals surface area contributed by atoms with Crippen molar-refractivity contribution in [2.24, 2.45) is 5.92 Å². The maximum absolute atomic E-state index is 12.0. The number of hydrogen-bond donors (Lipinski definition) is 0. The molecule has 2 atom stereocenters. The molecule has 18 heteroatoms. The second-order valence-electron chi connectivity index (χ2n) is 3.53. The molecule has 0 rings (SSSR count). The van der Waals surface area contributed by atoms with E-state index in [2.05, 4.69) is 15.9 Å². The fraction of sp³-hybridized carbons (Fsp3) is 1.00.